The number of aromatic nitrogens is 2. The first kappa shape index (κ1) is 39.1. The summed E-state index contributed by atoms with van der Waals surface area (Å²) >= 11 is 0. The lowest BCUT2D eigenvalue weighted by Crippen LogP contribution is -2.28. The van der Waals surface area contributed by atoms with Crippen molar-refractivity contribution in [1.82, 2.24) is 9.97 Å². The fourth-order valence-corrected chi connectivity index (χ4v) is 11.1. The normalized spacial score (nSPS) is 13.0. The second-order valence-corrected chi connectivity index (χ2v) is 18.0. The summed E-state index contributed by atoms with van der Waals surface area (Å²) in [6.07, 6.45) is 0. The number of fused-ring (bicyclic) bond motifs is 12. The quantitative estimate of drug-likeness (QED) is 0.156. The molecule has 14 rings (SSSR count). The topological polar surface area (TPSA) is 44.2 Å². The first-order valence-corrected chi connectivity index (χ1v) is 23.5. The highest BCUT2D eigenvalue weighted by Crippen LogP contribution is 2.62. The van der Waals surface area contributed by atoms with Gasteiger partial charge in [0.25, 0.3) is 0 Å². The Morgan fingerprint density at radius 2 is 0.826 bits per heavy atom. The van der Waals surface area contributed by atoms with E-state index in [1.807, 2.05) is 24.3 Å². The Kier molecular flexibility index (Phi) is 8.77. The number of benzene rings is 11. The zero-order valence-electron chi connectivity index (χ0n) is 37.3. The second kappa shape index (κ2) is 15.5. The number of hydrogen-bond donors (Lipinski definition) is 0. The van der Waals surface area contributed by atoms with Crippen molar-refractivity contribution in [2.45, 2.75) is 5.41 Å². The van der Waals surface area contributed by atoms with E-state index < -0.39 is 5.41 Å². The van der Waals surface area contributed by atoms with Crippen LogP contribution >= 0.6 is 0 Å². The third-order valence-electron chi connectivity index (χ3n) is 14.2. The highest BCUT2D eigenvalue weighted by molar-refractivity contribution is 6.25. The Bertz CT molecular complexity index is 3920. The van der Waals surface area contributed by atoms with E-state index in [-0.39, 0.29) is 0 Å². The van der Waals surface area contributed by atoms with E-state index in [1.54, 1.807) is 0 Å². The number of nitrogens with zero attached hydrogens (tertiary/aromatic N) is 2. The molecule has 0 unspecified atom stereocenters. The molecule has 0 saturated heterocycles. The molecule has 0 atom stereocenters. The Labute approximate surface area is 399 Å². The highest BCUT2D eigenvalue weighted by atomic mass is 16.6. The summed E-state index contributed by atoms with van der Waals surface area (Å²) in [5.74, 6) is 3.48. The summed E-state index contributed by atoms with van der Waals surface area (Å²) in [6, 6.07) is 86.0. The smallest absolute Gasteiger partial charge is 0.178 e. The van der Waals surface area contributed by atoms with Gasteiger partial charge in [-0.1, -0.05) is 212 Å². The van der Waals surface area contributed by atoms with E-state index in [1.165, 1.54) is 54.6 Å². The van der Waals surface area contributed by atoms with E-state index >= 15 is 0 Å². The van der Waals surface area contributed by atoms with Gasteiger partial charge in [0.2, 0.25) is 0 Å². The van der Waals surface area contributed by atoms with Crippen LogP contribution in [0.2, 0.25) is 0 Å². The van der Waals surface area contributed by atoms with Gasteiger partial charge in [-0.2, -0.15) is 0 Å². The van der Waals surface area contributed by atoms with Crippen LogP contribution in [0.3, 0.4) is 0 Å². The van der Waals surface area contributed by atoms with Crippen LogP contribution in [-0.4, -0.2) is 9.97 Å². The van der Waals surface area contributed by atoms with Crippen molar-refractivity contribution in [1.29, 1.82) is 0 Å². The fraction of sp³-hybridized carbons (Fsp3) is 0.0154. The largest absolute Gasteiger partial charge is 0.449 e. The summed E-state index contributed by atoms with van der Waals surface area (Å²) in [5, 5.41) is 7.42. The molecule has 0 fully saturated rings. The summed E-state index contributed by atoms with van der Waals surface area (Å²) in [5.41, 5.74) is 13.3. The zero-order valence-corrected chi connectivity index (χ0v) is 37.3. The maximum Gasteiger partial charge on any atom is 0.178 e. The predicted octanol–water partition coefficient (Wildman–Crippen LogP) is 16.9. The number of hydrogen-bond acceptors (Lipinski definition) is 4. The van der Waals surface area contributed by atoms with Crippen molar-refractivity contribution in [3.05, 3.63) is 265 Å². The third kappa shape index (κ3) is 6.09. The molecule has 0 saturated carbocycles. The predicted molar refractivity (Wildman–Crippen MR) is 280 cm³/mol. The maximum atomic E-state index is 7.04. The lowest BCUT2D eigenvalue weighted by atomic mass is 9.68. The van der Waals surface area contributed by atoms with Gasteiger partial charge in [0.1, 0.15) is 0 Å². The van der Waals surface area contributed by atoms with E-state index in [9.17, 15) is 0 Å². The monoisotopic (exact) mass is 880 g/mol. The minimum absolute atomic E-state index is 0.539. The van der Waals surface area contributed by atoms with Crippen molar-refractivity contribution in [3.63, 3.8) is 0 Å². The Balaban J connectivity index is 0.840. The van der Waals surface area contributed by atoms with Crippen LogP contribution in [0, 0.1) is 0 Å². The van der Waals surface area contributed by atoms with Gasteiger partial charge in [-0.15, -0.1) is 0 Å². The van der Waals surface area contributed by atoms with Crippen molar-refractivity contribution in [2.24, 2.45) is 0 Å². The van der Waals surface area contributed by atoms with E-state index in [0.717, 1.165) is 56.1 Å². The molecule has 1 aliphatic carbocycles. The molecule has 1 aliphatic heterocycles. The molecule has 1 aromatic heterocycles. The van der Waals surface area contributed by atoms with E-state index in [0.29, 0.717) is 23.1 Å². The van der Waals surface area contributed by atoms with Crippen LogP contribution in [0.1, 0.15) is 22.3 Å². The molecule has 12 aromatic rings. The van der Waals surface area contributed by atoms with Crippen molar-refractivity contribution in [3.8, 4) is 79.2 Å². The van der Waals surface area contributed by atoms with Crippen LogP contribution < -0.4 is 9.47 Å². The molecule has 0 spiro atoms. The van der Waals surface area contributed by atoms with Gasteiger partial charge in [0, 0.05) is 22.3 Å². The molecular weight excluding hydrogens is 841 g/mol. The summed E-state index contributed by atoms with van der Waals surface area (Å²) < 4.78 is 13.7. The molecule has 2 heterocycles. The summed E-state index contributed by atoms with van der Waals surface area (Å²) in [7, 11) is 0. The van der Waals surface area contributed by atoms with Crippen LogP contribution in [0.15, 0.2) is 243 Å². The second-order valence-electron chi connectivity index (χ2n) is 18.0. The molecule has 69 heavy (non-hydrogen) atoms. The third-order valence-corrected chi connectivity index (χ3v) is 14.2. The van der Waals surface area contributed by atoms with Crippen LogP contribution in [-0.2, 0) is 5.41 Å². The molecule has 0 amide bonds. The van der Waals surface area contributed by atoms with Crippen molar-refractivity contribution >= 4 is 32.3 Å². The van der Waals surface area contributed by atoms with Crippen LogP contribution in [0.25, 0.3) is 88.5 Å². The van der Waals surface area contributed by atoms with Gasteiger partial charge in [-0.3, -0.25) is 0 Å². The average Bonchev–Trinajstić information content (AvgIpc) is 3.74. The highest BCUT2D eigenvalue weighted by Gasteiger charge is 2.48. The van der Waals surface area contributed by atoms with Gasteiger partial charge in [0.05, 0.1) is 16.8 Å². The van der Waals surface area contributed by atoms with Gasteiger partial charge < -0.3 is 9.47 Å². The van der Waals surface area contributed by atoms with E-state index in [4.69, 9.17) is 19.4 Å². The average molecular weight is 881 g/mol. The molecule has 4 heteroatoms. The molecule has 11 aromatic carbocycles. The summed E-state index contributed by atoms with van der Waals surface area (Å²) in [4.78, 5) is 10.4. The minimum Gasteiger partial charge on any atom is -0.449 e. The molecule has 0 radical (unpaired) electrons. The fourth-order valence-electron chi connectivity index (χ4n) is 11.1. The maximum absolute atomic E-state index is 7.04. The standard InChI is InChI=1S/C65H40N2O2/c1-4-16-43(17-5-1)64-66-57(40-58(67-64)45-32-34-52-50-24-11-10-22-48(50)49-23-12-13-25-51(49)54(52)38-45)42-30-28-41(29-31-42)44-33-36-59-61(39-44)69-63-60(68-59)37-35-56-62(63)53-26-14-15-27-55(53)65(56,46-18-6-2-7-19-46)47-20-8-3-9-21-47/h1-40H. The van der Waals surface area contributed by atoms with Crippen molar-refractivity contribution < 1.29 is 9.47 Å². The Morgan fingerprint density at radius 3 is 1.51 bits per heavy atom. The molecule has 0 bridgehead atoms. The van der Waals surface area contributed by atoms with Crippen LogP contribution in [0.4, 0.5) is 0 Å². The Morgan fingerprint density at radius 1 is 0.304 bits per heavy atom. The van der Waals surface area contributed by atoms with Gasteiger partial charge in [-0.25, -0.2) is 9.97 Å². The molecule has 322 valence electrons. The van der Waals surface area contributed by atoms with E-state index in [2.05, 4.69) is 218 Å². The van der Waals surface area contributed by atoms with Gasteiger partial charge >= 0.3 is 0 Å². The lowest BCUT2D eigenvalue weighted by molar-refractivity contribution is 0.360. The SMILES string of the molecule is c1ccc(-c2nc(-c3ccc(-c4ccc5c(c4)Oc4c(ccc6c4-c4ccccc4C6(c4ccccc4)c4ccccc4)O5)cc3)cc(-c3ccc4c5ccccc5c5ccccc5c4c3)n2)cc1. The first-order valence-electron chi connectivity index (χ1n) is 23.5. The van der Waals surface area contributed by atoms with Crippen molar-refractivity contribution in [2.75, 3.05) is 0 Å². The Hall–Kier alpha value is -9.12. The minimum atomic E-state index is -0.539. The number of rotatable bonds is 6. The zero-order chi connectivity index (χ0) is 45.5. The van der Waals surface area contributed by atoms with Gasteiger partial charge in [-0.05, 0) is 102 Å². The van der Waals surface area contributed by atoms with Gasteiger partial charge in [0.15, 0.2) is 28.8 Å². The number of ether oxygens (including phenoxy) is 2. The van der Waals surface area contributed by atoms with Crippen LogP contribution in [0.5, 0.6) is 23.0 Å². The molecule has 4 nitrogen and oxygen atoms in total. The lowest BCUT2D eigenvalue weighted by Gasteiger charge is -2.34. The molecule has 2 aliphatic rings. The molecular formula is C65H40N2O2. The first-order chi connectivity index (χ1) is 34.2. The molecule has 0 N–H and O–H groups in total. The summed E-state index contributed by atoms with van der Waals surface area (Å²) in [6.45, 7) is 0.